The summed E-state index contributed by atoms with van der Waals surface area (Å²) in [5.74, 6) is 0.723. The molecule has 102 valence electrons. The van der Waals surface area contributed by atoms with E-state index in [1.807, 2.05) is 0 Å². The lowest BCUT2D eigenvalue weighted by Crippen LogP contribution is -2.40. The Balaban J connectivity index is 1.88. The monoisotopic (exact) mass is 264 g/mol. The van der Waals surface area contributed by atoms with Crippen LogP contribution in [0.15, 0.2) is 24.3 Å². The van der Waals surface area contributed by atoms with Gasteiger partial charge >= 0.3 is 0 Å². The highest BCUT2D eigenvalue weighted by molar-refractivity contribution is 5.73. The van der Waals surface area contributed by atoms with Crippen LogP contribution in [-0.4, -0.2) is 34.9 Å². The van der Waals surface area contributed by atoms with Crippen LogP contribution in [0.2, 0.25) is 0 Å². The minimum atomic E-state index is -0.435. The molecule has 0 radical (unpaired) electrons. The minimum Gasteiger partial charge on any atom is -0.490 e. The van der Waals surface area contributed by atoms with Crippen LogP contribution in [-0.2, 0) is 4.79 Å². The van der Waals surface area contributed by atoms with Crippen LogP contribution >= 0.6 is 0 Å². The fraction of sp³-hybridized carbons (Fsp3) is 0.462. The maximum absolute atomic E-state index is 11.2. The molecule has 0 aromatic heterocycles. The van der Waals surface area contributed by atoms with Crippen molar-refractivity contribution in [2.24, 2.45) is 0 Å². The first-order valence-electron chi connectivity index (χ1n) is 6.23. The number of nitro groups is 1. The predicted molar refractivity (Wildman–Crippen MR) is 69.0 cm³/mol. The van der Waals surface area contributed by atoms with E-state index in [0.717, 1.165) is 12.8 Å². The zero-order valence-corrected chi connectivity index (χ0v) is 10.7. The van der Waals surface area contributed by atoms with Crippen LogP contribution in [0, 0.1) is 10.1 Å². The average Bonchev–Trinajstić information content (AvgIpc) is 2.40. The van der Waals surface area contributed by atoms with E-state index in [-0.39, 0.29) is 17.7 Å². The van der Waals surface area contributed by atoms with Gasteiger partial charge in [-0.3, -0.25) is 14.9 Å². The Hall–Kier alpha value is -2.11. The first-order chi connectivity index (χ1) is 9.06. The molecule has 0 atom stereocenters. The zero-order chi connectivity index (χ0) is 13.8. The standard InChI is InChI=1S/C13H16N2O4/c1-10(16)14-8-6-13(7-9-14)19-12-4-2-11(3-5-12)15(17)18/h2-5,13H,6-9H2,1H3. The number of hydrogen-bond acceptors (Lipinski definition) is 4. The quantitative estimate of drug-likeness (QED) is 0.618. The second-order valence-electron chi connectivity index (χ2n) is 4.57. The number of likely N-dealkylation sites (tertiary alicyclic amines) is 1. The highest BCUT2D eigenvalue weighted by atomic mass is 16.6. The number of carbonyl (C=O) groups is 1. The Morgan fingerprint density at radius 1 is 1.32 bits per heavy atom. The maximum atomic E-state index is 11.2. The zero-order valence-electron chi connectivity index (χ0n) is 10.7. The van der Waals surface area contributed by atoms with Gasteiger partial charge in [0.2, 0.25) is 5.91 Å². The Labute approximate surface area is 111 Å². The highest BCUT2D eigenvalue weighted by Crippen LogP contribution is 2.21. The number of nitro benzene ring substituents is 1. The summed E-state index contributed by atoms with van der Waals surface area (Å²) >= 11 is 0. The van der Waals surface area contributed by atoms with Crippen molar-refractivity contribution in [2.75, 3.05) is 13.1 Å². The number of carbonyl (C=O) groups excluding carboxylic acids is 1. The van der Waals surface area contributed by atoms with Gasteiger partial charge in [-0.25, -0.2) is 0 Å². The van der Waals surface area contributed by atoms with Gasteiger partial charge in [-0.2, -0.15) is 0 Å². The summed E-state index contributed by atoms with van der Waals surface area (Å²) < 4.78 is 5.76. The van der Waals surface area contributed by atoms with Gasteiger partial charge in [0.1, 0.15) is 11.9 Å². The molecule has 0 spiro atoms. The van der Waals surface area contributed by atoms with E-state index in [1.165, 1.54) is 12.1 Å². The van der Waals surface area contributed by atoms with Crippen molar-refractivity contribution in [3.63, 3.8) is 0 Å². The highest BCUT2D eigenvalue weighted by Gasteiger charge is 2.21. The largest absolute Gasteiger partial charge is 0.490 e. The SMILES string of the molecule is CC(=O)N1CCC(Oc2ccc([N+](=O)[O-])cc2)CC1. The third-order valence-corrected chi connectivity index (χ3v) is 3.24. The van der Waals surface area contributed by atoms with Gasteiger partial charge in [0.25, 0.3) is 5.69 Å². The lowest BCUT2D eigenvalue weighted by molar-refractivity contribution is -0.384. The van der Waals surface area contributed by atoms with E-state index in [9.17, 15) is 14.9 Å². The molecule has 1 aromatic rings. The topological polar surface area (TPSA) is 72.7 Å². The maximum Gasteiger partial charge on any atom is 0.269 e. The van der Waals surface area contributed by atoms with Gasteiger partial charge in [0.05, 0.1) is 4.92 Å². The smallest absolute Gasteiger partial charge is 0.269 e. The van der Waals surface area contributed by atoms with E-state index < -0.39 is 4.92 Å². The van der Waals surface area contributed by atoms with E-state index in [1.54, 1.807) is 24.0 Å². The number of ether oxygens (including phenoxy) is 1. The van der Waals surface area contributed by atoms with Crippen LogP contribution < -0.4 is 4.74 Å². The number of piperidine rings is 1. The van der Waals surface area contributed by atoms with E-state index >= 15 is 0 Å². The Morgan fingerprint density at radius 3 is 2.37 bits per heavy atom. The normalized spacial score (nSPS) is 16.2. The van der Waals surface area contributed by atoms with Gasteiger partial charge in [-0.1, -0.05) is 0 Å². The van der Waals surface area contributed by atoms with Gasteiger partial charge in [0, 0.05) is 45.0 Å². The van der Waals surface area contributed by atoms with Crippen LogP contribution in [0.25, 0.3) is 0 Å². The molecule has 1 aliphatic heterocycles. The molecular weight excluding hydrogens is 248 g/mol. The number of nitrogens with zero attached hydrogens (tertiary/aromatic N) is 2. The molecule has 1 saturated heterocycles. The van der Waals surface area contributed by atoms with Gasteiger partial charge in [0.15, 0.2) is 0 Å². The summed E-state index contributed by atoms with van der Waals surface area (Å²) in [6, 6.07) is 6.07. The summed E-state index contributed by atoms with van der Waals surface area (Å²) in [5.41, 5.74) is 0.0544. The lowest BCUT2D eigenvalue weighted by atomic mass is 10.1. The molecule has 1 amide bonds. The lowest BCUT2D eigenvalue weighted by Gasteiger charge is -2.31. The number of hydrogen-bond donors (Lipinski definition) is 0. The van der Waals surface area contributed by atoms with E-state index in [4.69, 9.17) is 4.74 Å². The van der Waals surface area contributed by atoms with Crippen molar-refractivity contribution < 1.29 is 14.5 Å². The first-order valence-corrected chi connectivity index (χ1v) is 6.23. The third-order valence-electron chi connectivity index (χ3n) is 3.24. The van der Waals surface area contributed by atoms with Crippen molar-refractivity contribution in [3.05, 3.63) is 34.4 Å². The molecule has 0 saturated carbocycles. The van der Waals surface area contributed by atoms with Crippen molar-refractivity contribution in [2.45, 2.75) is 25.9 Å². The summed E-state index contributed by atoms with van der Waals surface area (Å²) in [5, 5.41) is 10.5. The van der Waals surface area contributed by atoms with Crippen LogP contribution in [0.1, 0.15) is 19.8 Å². The minimum absolute atomic E-state index is 0.0544. The number of rotatable bonds is 3. The molecule has 1 heterocycles. The Kier molecular flexibility index (Phi) is 3.99. The molecule has 6 nitrogen and oxygen atoms in total. The van der Waals surface area contributed by atoms with Gasteiger partial charge < -0.3 is 9.64 Å². The van der Waals surface area contributed by atoms with E-state index in [2.05, 4.69) is 0 Å². The Morgan fingerprint density at radius 2 is 1.89 bits per heavy atom. The number of amides is 1. The average molecular weight is 264 g/mol. The number of non-ortho nitro benzene ring substituents is 1. The predicted octanol–water partition coefficient (Wildman–Crippen LogP) is 1.98. The number of benzene rings is 1. The fourth-order valence-corrected chi connectivity index (χ4v) is 2.13. The van der Waals surface area contributed by atoms with Gasteiger partial charge in [-0.05, 0) is 12.1 Å². The molecule has 0 unspecified atom stereocenters. The summed E-state index contributed by atoms with van der Waals surface area (Å²) in [6.07, 6.45) is 1.64. The molecule has 2 rings (SSSR count). The molecular formula is C13H16N2O4. The summed E-state index contributed by atoms with van der Waals surface area (Å²) in [4.78, 5) is 23.1. The van der Waals surface area contributed by atoms with Crippen molar-refractivity contribution >= 4 is 11.6 Å². The second-order valence-corrected chi connectivity index (χ2v) is 4.57. The molecule has 19 heavy (non-hydrogen) atoms. The van der Waals surface area contributed by atoms with Crippen molar-refractivity contribution in [1.82, 2.24) is 4.90 Å². The van der Waals surface area contributed by atoms with Gasteiger partial charge in [-0.15, -0.1) is 0 Å². The molecule has 0 bridgehead atoms. The summed E-state index contributed by atoms with van der Waals surface area (Å²) in [6.45, 7) is 2.97. The molecule has 1 aromatic carbocycles. The molecule has 0 aliphatic carbocycles. The molecule has 1 aliphatic rings. The second kappa shape index (κ2) is 5.69. The Bertz CT molecular complexity index is 464. The third kappa shape index (κ3) is 3.43. The molecule has 0 N–H and O–H groups in total. The van der Waals surface area contributed by atoms with E-state index in [0.29, 0.717) is 18.8 Å². The fourth-order valence-electron chi connectivity index (χ4n) is 2.13. The van der Waals surface area contributed by atoms with Crippen LogP contribution in [0.4, 0.5) is 5.69 Å². The molecule has 6 heteroatoms. The van der Waals surface area contributed by atoms with Crippen LogP contribution in [0.5, 0.6) is 5.75 Å². The van der Waals surface area contributed by atoms with Crippen molar-refractivity contribution in [3.8, 4) is 5.75 Å². The summed E-state index contributed by atoms with van der Waals surface area (Å²) in [7, 11) is 0. The van der Waals surface area contributed by atoms with Crippen molar-refractivity contribution in [1.29, 1.82) is 0 Å². The molecule has 1 fully saturated rings. The first kappa shape index (κ1) is 13.3. The van der Waals surface area contributed by atoms with Crippen LogP contribution in [0.3, 0.4) is 0 Å².